The molecule has 17 heavy (non-hydrogen) atoms. The van der Waals surface area contributed by atoms with E-state index in [1.807, 2.05) is 19.1 Å². The minimum Gasteiger partial charge on any atom is -0.248 e. The molecule has 0 aliphatic rings. The van der Waals surface area contributed by atoms with Crippen LogP contribution in [-0.2, 0) is 10.0 Å². The molecule has 0 bridgehead atoms. The topological polar surface area (TPSA) is 102 Å². The van der Waals surface area contributed by atoms with Crippen LogP contribution in [0.5, 0.6) is 0 Å². The Labute approximate surface area is 106 Å². The van der Waals surface area contributed by atoms with Gasteiger partial charge in [0.25, 0.3) is 15.2 Å². The summed E-state index contributed by atoms with van der Waals surface area (Å²) < 4.78 is 23.0. The van der Waals surface area contributed by atoms with Gasteiger partial charge in [0.2, 0.25) is 0 Å². The van der Waals surface area contributed by atoms with E-state index in [0.29, 0.717) is 5.82 Å². The molecule has 8 heteroatoms. The van der Waals surface area contributed by atoms with E-state index in [-0.39, 0.29) is 5.16 Å². The summed E-state index contributed by atoms with van der Waals surface area (Å²) in [5.41, 5.74) is 1.68. The molecule has 2 aromatic rings. The molecule has 0 amide bonds. The molecule has 1 heterocycles. The van der Waals surface area contributed by atoms with Crippen LogP contribution in [0.1, 0.15) is 5.56 Å². The van der Waals surface area contributed by atoms with Crippen LogP contribution in [0.3, 0.4) is 0 Å². The van der Waals surface area contributed by atoms with E-state index in [0.717, 1.165) is 15.6 Å². The van der Waals surface area contributed by atoms with Crippen LogP contribution in [0.25, 0.3) is 11.4 Å². The number of aromatic amines is 1. The predicted octanol–water partition coefficient (Wildman–Crippen LogP) is 1.19. The summed E-state index contributed by atoms with van der Waals surface area (Å²) in [6.45, 7) is 1.88. The van der Waals surface area contributed by atoms with Gasteiger partial charge in [-0.1, -0.05) is 15.9 Å². The lowest BCUT2D eigenvalue weighted by Gasteiger charge is -2.01. The molecule has 0 fully saturated rings. The molecule has 2 rings (SSSR count). The van der Waals surface area contributed by atoms with Gasteiger partial charge in [-0.05, 0) is 30.7 Å². The van der Waals surface area contributed by atoms with Crippen molar-refractivity contribution in [3.63, 3.8) is 0 Å². The monoisotopic (exact) mass is 316 g/mol. The lowest BCUT2D eigenvalue weighted by molar-refractivity contribution is 0.589. The summed E-state index contributed by atoms with van der Waals surface area (Å²) in [7, 11) is -3.85. The Morgan fingerprint density at radius 1 is 1.41 bits per heavy atom. The number of halogens is 1. The summed E-state index contributed by atoms with van der Waals surface area (Å²) in [6.07, 6.45) is 0. The van der Waals surface area contributed by atoms with E-state index < -0.39 is 10.0 Å². The molecular formula is C9H9BrN4O2S. The van der Waals surface area contributed by atoms with Gasteiger partial charge in [0.15, 0.2) is 5.82 Å². The smallest absolute Gasteiger partial charge is 0.248 e. The molecule has 0 aliphatic heterocycles. The Bertz CT molecular complexity index is 665. The van der Waals surface area contributed by atoms with E-state index in [1.54, 1.807) is 6.07 Å². The summed E-state index contributed by atoms with van der Waals surface area (Å²) >= 11 is 3.34. The van der Waals surface area contributed by atoms with Gasteiger partial charge in [-0.25, -0.2) is 18.7 Å². The largest absolute Gasteiger partial charge is 0.273 e. The predicted molar refractivity (Wildman–Crippen MR) is 65.6 cm³/mol. The van der Waals surface area contributed by atoms with Crippen LogP contribution in [0.15, 0.2) is 27.8 Å². The second-order valence-electron chi connectivity index (χ2n) is 3.47. The normalized spacial score (nSPS) is 11.7. The van der Waals surface area contributed by atoms with E-state index >= 15 is 0 Å². The second-order valence-corrected chi connectivity index (χ2v) is 5.86. The molecule has 1 aromatic heterocycles. The lowest BCUT2D eigenvalue weighted by Crippen LogP contribution is -2.13. The number of primary sulfonamides is 1. The number of hydrogen-bond donors (Lipinski definition) is 2. The molecule has 6 nitrogen and oxygen atoms in total. The Kier molecular flexibility index (Phi) is 3.02. The first-order valence-corrected chi connectivity index (χ1v) is 6.93. The lowest BCUT2D eigenvalue weighted by atomic mass is 10.1. The van der Waals surface area contributed by atoms with Crippen molar-refractivity contribution in [3.05, 3.63) is 28.2 Å². The molecule has 0 saturated heterocycles. The number of aryl methyl sites for hydroxylation is 1. The zero-order chi connectivity index (χ0) is 12.6. The van der Waals surface area contributed by atoms with Crippen molar-refractivity contribution in [1.82, 2.24) is 15.2 Å². The number of sulfonamides is 1. The van der Waals surface area contributed by atoms with Gasteiger partial charge in [-0.15, -0.1) is 0 Å². The number of nitrogens with two attached hydrogens (primary N) is 1. The number of benzene rings is 1. The number of aromatic nitrogens is 3. The minimum atomic E-state index is -3.85. The first kappa shape index (κ1) is 12.2. The van der Waals surface area contributed by atoms with Crippen molar-refractivity contribution >= 4 is 26.0 Å². The summed E-state index contributed by atoms with van der Waals surface area (Å²) in [5, 5.41) is 10.7. The molecule has 0 aliphatic carbocycles. The van der Waals surface area contributed by atoms with Gasteiger partial charge in [-0.2, -0.15) is 10.1 Å². The Morgan fingerprint density at radius 3 is 2.65 bits per heavy atom. The zero-order valence-electron chi connectivity index (χ0n) is 8.81. The number of H-pyrrole nitrogens is 1. The van der Waals surface area contributed by atoms with Gasteiger partial charge in [0, 0.05) is 10.0 Å². The van der Waals surface area contributed by atoms with Gasteiger partial charge in [0.05, 0.1) is 0 Å². The van der Waals surface area contributed by atoms with Gasteiger partial charge in [0.1, 0.15) is 0 Å². The number of nitrogens with zero attached hydrogens (tertiary/aromatic N) is 2. The third-order valence-corrected chi connectivity index (χ3v) is 3.38. The number of rotatable bonds is 2. The molecule has 0 unspecified atom stereocenters. The summed E-state index contributed by atoms with van der Waals surface area (Å²) in [4.78, 5) is 3.85. The third-order valence-electron chi connectivity index (χ3n) is 2.16. The summed E-state index contributed by atoms with van der Waals surface area (Å²) in [6, 6.07) is 5.52. The number of hydrogen-bond acceptors (Lipinski definition) is 4. The third kappa shape index (κ3) is 2.54. The molecule has 0 spiro atoms. The second kappa shape index (κ2) is 4.21. The van der Waals surface area contributed by atoms with Crippen molar-refractivity contribution < 1.29 is 8.42 Å². The summed E-state index contributed by atoms with van der Waals surface area (Å²) in [5.74, 6) is 0.305. The Balaban J connectivity index is 2.51. The fourth-order valence-electron chi connectivity index (χ4n) is 1.37. The van der Waals surface area contributed by atoms with Crippen molar-refractivity contribution in [2.75, 3.05) is 0 Å². The van der Waals surface area contributed by atoms with Gasteiger partial charge >= 0.3 is 0 Å². The average Bonchev–Trinajstić information content (AvgIpc) is 2.65. The van der Waals surface area contributed by atoms with Crippen LogP contribution in [0.2, 0.25) is 0 Å². The van der Waals surface area contributed by atoms with E-state index in [1.165, 1.54) is 0 Å². The molecule has 3 N–H and O–H groups in total. The number of nitrogens with one attached hydrogen (secondary N) is 1. The molecule has 1 aromatic carbocycles. The molecule has 0 saturated carbocycles. The van der Waals surface area contributed by atoms with Crippen LogP contribution in [0, 0.1) is 6.92 Å². The van der Waals surface area contributed by atoms with Crippen molar-refractivity contribution in [2.24, 2.45) is 5.14 Å². The van der Waals surface area contributed by atoms with Gasteiger partial charge < -0.3 is 0 Å². The fourth-order valence-corrected chi connectivity index (χ4v) is 2.23. The van der Waals surface area contributed by atoms with Crippen LogP contribution < -0.4 is 5.14 Å². The highest BCUT2D eigenvalue weighted by molar-refractivity contribution is 9.10. The fraction of sp³-hybridized carbons (Fsp3) is 0.111. The molecular weight excluding hydrogens is 308 g/mol. The average molecular weight is 317 g/mol. The van der Waals surface area contributed by atoms with E-state index in [4.69, 9.17) is 5.14 Å². The van der Waals surface area contributed by atoms with Crippen molar-refractivity contribution in [3.8, 4) is 11.4 Å². The molecule has 0 atom stereocenters. The highest BCUT2D eigenvalue weighted by Crippen LogP contribution is 2.23. The maximum Gasteiger partial charge on any atom is 0.273 e. The van der Waals surface area contributed by atoms with Crippen LogP contribution in [-0.4, -0.2) is 23.6 Å². The van der Waals surface area contributed by atoms with E-state index in [9.17, 15) is 8.42 Å². The van der Waals surface area contributed by atoms with Gasteiger partial charge in [-0.3, -0.25) is 0 Å². The first-order chi connectivity index (χ1) is 7.88. The van der Waals surface area contributed by atoms with Crippen LogP contribution >= 0.6 is 15.9 Å². The standard InChI is InChI=1S/C9H9BrN4O2S/c1-5-4-6(10)2-3-7(5)8-12-9(14-13-8)17(11,15)16/h2-4H,1H3,(H2,11,15,16)(H,12,13,14). The van der Waals surface area contributed by atoms with Crippen molar-refractivity contribution in [1.29, 1.82) is 0 Å². The maximum atomic E-state index is 11.1. The Morgan fingerprint density at radius 2 is 2.12 bits per heavy atom. The first-order valence-electron chi connectivity index (χ1n) is 4.59. The molecule has 90 valence electrons. The quantitative estimate of drug-likeness (QED) is 0.868. The van der Waals surface area contributed by atoms with Crippen molar-refractivity contribution in [2.45, 2.75) is 12.1 Å². The minimum absolute atomic E-state index is 0.305. The maximum absolute atomic E-state index is 11.1. The zero-order valence-corrected chi connectivity index (χ0v) is 11.2. The highest BCUT2D eigenvalue weighted by atomic mass is 79.9. The molecule has 0 radical (unpaired) electrons. The van der Waals surface area contributed by atoms with E-state index in [2.05, 4.69) is 31.1 Å². The highest BCUT2D eigenvalue weighted by Gasteiger charge is 2.15. The SMILES string of the molecule is Cc1cc(Br)ccc1-c1n[nH]c(S(N)(=O)=O)n1. The van der Waals surface area contributed by atoms with Crippen LogP contribution in [0.4, 0.5) is 0 Å². The Hall–Kier alpha value is -1.25.